The van der Waals surface area contributed by atoms with Crippen LogP contribution in [0.15, 0.2) is 48.5 Å². The third-order valence-corrected chi connectivity index (χ3v) is 5.19. The smallest absolute Gasteiger partial charge is 0.251 e. The predicted octanol–water partition coefficient (Wildman–Crippen LogP) is 3.10. The van der Waals surface area contributed by atoms with Crippen LogP contribution < -0.4 is 15.8 Å². The van der Waals surface area contributed by atoms with Crippen LogP contribution in [0, 0.1) is 12.8 Å². The van der Waals surface area contributed by atoms with Gasteiger partial charge in [-0.3, -0.25) is 9.59 Å². The lowest BCUT2D eigenvalue weighted by molar-refractivity contribution is -0.123. The highest BCUT2D eigenvalue weighted by Gasteiger charge is 2.23. The van der Waals surface area contributed by atoms with Gasteiger partial charge in [-0.15, -0.1) is 0 Å². The third kappa shape index (κ3) is 6.32. The number of benzene rings is 2. The average molecular weight is 396 g/mol. The van der Waals surface area contributed by atoms with E-state index in [4.69, 9.17) is 10.5 Å². The van der Waals surface area contributed by atoms with Crippen molar-refractivity contribution >= 4 is 11.8 Å². The first-order valence-corrected chi connectivity index (χ1v) is 10.2. The van der Waals surface area contributed by atoms with Gasteiger partial charge in [-0.25, -0.2) is 0 Å². The van der Waals surface area contributed by atoms with Gasteiger partial charge in [-0.05, 0) is 81.2 Å². The number of ether oxygens (including phenoxy) is 1. The molecule has 2 aromatic carbocycles. The second-order valence-electron chi connectivity index (χ2n) is 7.59. The summed E-state index contributed by atoms with van der Waals surface area (Å²) in [5, 5.41) is 2.95. The van der Waals surface area contributed by atoms with E-state index in [9.17, 15) is 9.59 Å². The van der Waals surface area contributed by atoms with E-state index in [1.807, 2.05) is 31.2 Å². The number of hydrogen-bond acceptors (Lipinski definition) is 4. The molecule has 0 bridgehead atoms. The Morgan fingerprint density at radius 1 is 1.17 bits per heavy atom. The second-order valence-corrected chi connectivity index (χ2v) is 7.59. The molecule has 154 valence electrons. The Labute approximate surface area is 172 Å². The van der Waals surface area contributed by atoms with E-state index in [0.29, 0.717) is 17.9 Å². The molecule has 0 spiro atoms. The van der Waals surface area contributed by atoms with Crippen LogP contribution in [-0.2, 0) is 4.79 Å². The molecule has 0 saturated carbocycles. The van der Waals surface area contributed by atoms with Crippen LogP contribution in [-0.4, -0.2) is 42.9 Å². The lowest BCUT2D eigenvalue weighted by Crippen LogP contribution is -2.42. The van der Waals surface area contributed by atoms with Crippen molar-refractivity contribution in [2.24, 2.45) is 11.7 Å². The van der Waals surface area contributed by atoms with Gasteiger partial charge in [0, 0.05) is 18.7 Å². The SMILES string of the molecule is Cc1cccc(Oc2ccc(C(=O)NCCCN3CCC[C@@H](C(N)=O)C3)cc2)c1. The van der Waals surface area contributed by atoms with E-state index >= 15 is 0 Å². The molecule has 1 aliphatic rings. The summed E-state index contributed by atoms with van der Waals surface area (Å²) in [7, 11) is 0. The Morgan fingerprint density at radius 2 is 1.97 bits per heavy atom. The summed E-state index contributed by atoms with van der Waals surface area (Å²) in [5.41, 5.74) is 7.15. The molecule has 2 amide bonds. The summed E-state index contributed by atoms with van der Waals surface area (Å²) in [6, 6.07) is 15.0. The van der Waals surface area contributed by atoms with Crippen LogP contribution in [0.2, 0.25) is 0 Å². The van der Waals surface area contributed by atoms with Crippen molar-refractivity contribution in [3.05, 3.63) is 59.7 Å². The molecule has 3 N–H and O–H groups in total. The van der Waals surface area contributed by atoms with E-state index in [-0.39, 0.29) is 17.7 Å². The molecular formula is C23H29N3O3. The molecule has 1 aliphatic heterocycles. The summed E-state index contributed by atoms with van der Waals surface area (Å²) in [4.78, 5) is 25.9. The maximum Gasteiger partial charge on any atom is 0.251 e. The van der Waals surface area contributed by atoms with Gasteiger partial charge >= 0.3 is 0 Å². The van der Waals surface area contributed by atoms with E-state index in [0.717, 1.165) is 50.2 Å². The molecule has 1 saturated heterocycles. The molecule has 1 atom stereocenters. The van der Waals surface area contributed by atoms with Crippen molar-refractivity contribution in [2.45, 2.75) is 26.2 Å². The number of nitrogens with two attached hydrogens (primary N) is 1. The summed E-state index contributed by atoms with van der Waals surface area (Å²) >= 11 is 0. The van der Waals surface area contributed by atoms with E-state index in [2.05, 4.69) is 10.2 Å². The molecule has 0 aromatic heterocycles. The molecule has 6 nitrogen and oxygen atoms in total. The van der Waals surface area contributed by atoms with Crippen molar-refractivity contribution in [1.82, 2.24) is 10.2 Å². The van der Waals surface area contributed by atoms with Crippen LogP contribution in [0.4, 0.5) is 0 Å². The molecule has 1 heterocycles. The summed E-state index contributed by atoms with van der Waals surface area (Å²) in [6.07, 6.45) is 2.72. The number of aryl methyl sites for hydroxylation is 1. The molecule has 6 heteroatoms. The molecule has 0 radical (unpaired) electrons. The van der Waals surface area contributed by atoms with Crippen molar-refractivity contribution < 1.29 is 14.3 Å². The highest BCUT2D eigenvalue weighted by molar-refractivity contribution is 5.94. The van der Waals surface area contributed by atoms with E-state index in [1.165, 1.54) is 0 Å². The maximum absolute atomic E-state index is 12.3. The lowest BCUT2D eigenvalue weighted by atomic mass is 9.97. The number of rotatable bonds is 8. The quantitative estimate of drug-likeness (QED) is 0.673. The second kappa shape index (κ2) is 10.1. The average Bonchev–Trinajstić information content (AvgIpc) is 2.72. The van der Waals surface area contributed by atoms with Crippen LogP contribution >= 0.6 is 0 Å². The standard InChI is InChI=1S/C23H29N3O3/c1-17-5-2-7-21(15-17)29-20-10-8-18(9-11-20)23(28)25-12-4-14-26-13-3-6-19(16-26)22(24)27/h2,5,7-11,15,19H,3-4,6,12-14,16H2,1H3,(H2,24,27)(H,25,28)/t19-/m1/s1. The van der Waals surface area contributed by atoms with Gasteiger partial charge in [0.05, 0.1) is 5.92 Å². The first-order chi connectivity index (χ1) is 14.0. The van der Waals surface area contributed by atoms with Crippen molar-refractivity contribution in [3.8, 4) is 11.5 Å². The van der Waals surface area contributed by atoms with Crippen molar-refractivity contribution in [2.75, 3.05) is 26.2 Å². The zero-order valence-electron chi connectivity index (χ0n) is 16.9. The predicted molar refractivity (Wildman–Crippen MR) is 113 cm³/mol. The van der Waals surface area contributed by atoms with Crippen LogP contribution in [0.1, 0.15) is 35.2 Å². The minimum Gasteiger partial charge on any atom is -0.457 e. The van der Waals surface area contributed by atoms with E-state index in [1.54, 1.807) is 24.3 Å². The first kappa shape index (κ1) is 20.9. The number of carbonyl (C=O) groups excluding carboxylic acids is 2. The number of piperidine rings is 1. The monoisotopic (exact) mass is 395 g/mol. The fraction of sp³-hybridized carbons (Fsp3) is 0.391. The Kier molecular flexibility index (Phi) is 7.25. The summed E-state index contributed by atoms with van der Waals surface area (Å²) in [6.45, 7) is 5.18. The number of likely N-dealkylation sites (tertiary alicyclic amines) is 1. The van der Waals surface area contributed by atoms with Gasteiger partial charge in [-0.1, -0.05) is 12.1 Å². The maximum atomic E-state index is 12.3. The highest BCUT2D eigenvalue weighted by atomic mass is 16.5. The van der Waals surface area contributed by atoms with Gasteiger partial charge in [0.1, 0.15) is 11.5 Å². The number of nitrogens with zero attached hydrogens (tertiary/aromatic N) is 1. The van der Waals surface area contributed by atoms with E-state index < -0.39 is 0 Å². The van der Waals surface area contributed by atoms with Crippen LogP contribution in [0.5, 0.6) is 11.5 Å². The van der Waals surface area contributed by atoms with Crippen molar-refractivity contribution in [1.29, 1.82) is 0 Å². The number of primary amides is 1. The highest BCUT2D eigenvalue weighted by Crippen LogP contribution is 2.22. The van der Waals surface area contributed by atoms with Gasteiger partial charge in [-0.2, -0.15) is 0 Å². The number of carbonyl (C=O) groups is 2. The Morgan fingerprint density at radius 3 is 2.69 bits per heavy atom. The summed E-state index contributed by atoms with van der Waals surface area (Å²) < 4.78 is 5.81. The zero-order valence-corrected chi connectivity index (χ0v) is 16.9. The topological polar surface area (TPSA) is 84.7 Å². The lowest BCUT2D eigenvalue weighted by Gasteiger charge is -2.31. The first-order valence-electron chi connectivity index (χ1n) is 10.2. The van der Waals surface area contributed by atoms with Crippen LogP contribution in [0.25, 0.3) is 0 Å². The normalized spacial score (nSPS) is 16.9. The molecule has 0 unspecified atom stereocenters. The fourth-order valence-electron chi connectivity index (χ4n) is 3.59. The molecule has 29 heavy (non-hydrogen) atoms. The minimum atomic E-state index is -0.210. The summed E-state index contributed by atoms with van der Waals surface area (Å²) in [5.74, 6) is 1.12. The molecule has 1 fully saturated rings. The fourth-order valence-corrected chi connectivity index (χ4v) is 3.59. The van der Waals surface area contributed by atoms with Gasteiger partial charge < -0.3 is 20.7 Å². The Bertz CT molecular complexity index is 836. The molecule has 3 rings (SSSR count). The van der Waals surface area contributed by atoms with Gasteiger partial charge in [0.15, 0.2) is 0 Å². The molecular weight excluding hydrogens is 366 g/mol. The number of hydrogen-bond donors (Lipinski definition) is 2. The Hall–Kier alpha value is -2.86. The Balaban J connectivity index is 1.41. The zero-order chi connectivity index (χ0) is 20.6. The molecule has 2 aromatic rings. The van der Waals surface area contributed by atoms with Gasteiger partial charge in [0.2, 0.25) is 5.91 Å². The largest absolute Gasteiger partial charge is 0.457 e. The minimum absolute atomic E-state index is 0.0427. The number of nitrogens with one attached hydrogen (secondary N) is 1. The molecule has 0 aliphatic carbocycles. The van der Waals surface area contributed by atoms with Gasteiger partial charge in [0.25, 0.3) is 5.91 Å². The van der Waals surface area contributed by atoms with Crippen LogP contribution in [0.3, 0.4) is 0 Å². The third-order valence-electron chi connectivity index (χ3n) is 5.19. The van der Waals surface area contributed by atoms with Crippen molar-refractivity contribution in [3.63, 3.8) is 0 Å². The number of amides is 2.